The number of aliphatic hydroxyl groups excluding tert-OH is 1. The fourth-order valence-electron chi connectivity index (χ4n) is 2.08. The highest BCUT2D eigenvalue weighted by molar-refractivity contribution is 5.73. The van der Waals surface area contributed by atoms with Crippen molar-refractivity contribution in [3.63, 3.8) is 0 Å². The van der Waals surface area contributed by atoms with Gasteiger partial charge in [0.05, 0.1) is 11.7 Å². The van der Waals surface area contributed by atoms with E-state index in [2.05, 4.69) is 6.08 Å². The Balaban J connectivity index is 2.60. The molecule has 0 amide bonds. The van der Waals surface area contributed by atoms with Crippen molar-refractivity contribution in [3.8, 4) is 0 Å². The second-order valence-corrected chi connectivity index (χ2v) is 4.23. The molecular weight excluding hydrogens is 204 g/mol. The number of carboxylic acid groups (broad SMARTS) is 1. The van der Waals surface area contributed by atoms with Gasteiger partial charge in [0.2, 0.25) is 0 Å². The molecule has 1 aliphatic carbocycles. The van der Waals surface area contributed by atoms with Gasteiger partial charge in [-0.1, -0.05) is 11.6 Å². The lowest BCUT2D eigenvalue weighted by atomic mass is 9.86. The van der Waals surface area contributed by atoms with E-state index in [0.717, 1.165) is 31.3 Å². The lowest BCUT2D eigenvalue weighted by Gasteiger charge is -2.19. The van der Waals surface area contributed by atoms with Gasteiger partial charge in [-0.3, -0.25) is 4.79 Å². The third-order valence-electron chi connectivity index (χ3n) is 3.09. The van der Waals surface area contributed by atoms with Gasteiger partial charge in [0.25, 0.3) is 0 Å². The molecule has 1 aliphatic rings. The molecule has 2 N–H and O–H groups in total. The molecule has 1 rings (SSSR count). The van der Waals surface area contributed by atoms with E-state index in [4.69, 9.17) is 5.11 Å². The van der Waals surface area contributed by atoms with Crippen molar-refractivity contribution in [1.82, 2.24) is 0 Å². The Kier molecular flexibility index (Phi) is 5.09. The molecule has 90 valence electrons. The Morgan fingerprint density at radius 2 is 2.25 bits per heavy atom. The Morgan fingerprint density at radius 1 is 1.50 bits per heavy atom. The van der Waals surface area contributed by atoms with Crippen LogP contribution < -0.4 is 0 Å². The summed E-state index contributed by atoms with van der Waals surface area (Å²) in [5.74, 6) is -0.901. The summed E-state index contributed by atoms with van der Waals surface area (Å²) in [4.78, 5) is 11.2. The molecule has 3 nitrogen and oxygen atoms in total. The first kappa shape index (κ1) is 12.8. The Hall–Kier alpha value is -1.25. The van der Waals surface area contributed by atoms with E-state index in [1.54, 1.807) is 13.0 Å². The summed E-state index contributed by atoms with van der Waals surface area (Å²) in [6.07, 6.45) is 8.77. The third kappa shape index (κ3) is 3.72. The summed E-state index contributed by atoms with van der Waals surface area (Å²) in [5.41, 5.74) is 1.04. The average Bonchev–Trinajstić information content (AvgIpc) is 2.30. The molecule has 0 aliphatic heterocycles. The molecule has 3 heteroatoms. The molecular formula is C13H20O3. The van der Waals surface area contributed by atoms with Crippen LogP contribution in [0.4, 0.5) is 0 Å². The quantitative estimate of drug-likeness (QED) is 0.555. The van der Waals surface area contributed by atoms with Gasteiger partial charge in [0.15, 0.2) is 0 Å². The second-order valence-electron chi connectivity index (χ2n) is 4.23. The van der Waals surface area contributed by atoms with Gasteiger partial charge in [0, 0.05) is 6.42 Å². The summed E-state index contributed by atoms with van der Waals surface area (Å²) < 4.78 is 0. The molecule has 0 saturated heterocycles. The molecule has 0 aromatic heterocycles. The summed E-state index contributed by atoms with van der Waals surface area (Å²) in [7, 11) is 0. The summed E-state index contributed by atoms with van der Waals surface area (Å²) in [5, 5.41) is 18.5. The van der Waals surface area contributed by atoms with Crippen LogP contribution >= 0.6 is 0 Å². The molecule has 0 saturated carbocycles. The fourth-order valence-corrected chi connectivity index (χ4v) is 2.08. The molecule has 0 bridgehead atoms. The number of aliphatic carboxylic acids is 1. The average molecular weight is 224 g/mol. The number of carbonyl (C=O) groups is 1. The van der Waals surface area contributed by atoms with Crippen molar-refractivity contribution in [2.45, 2.75) is 45.4 Å². The first-order valence-electron chi connectivity index (χ1n) is 5.91. The minimum atomic E-state index is -0.767. The van der Waals surface area contributed by atoms with Crippen molar-refractivity contribution in [3.05, 3.63) is 23.5 Å². The van der Waals surface area contributed by atoms with Crippen molar-refractivity contribution >= 4 is 5.97 Å². The van der Waals surface area contributed by atoms with E-state index in [9.17, 15) is 9.90 Å². The van der Waals surface area contributed by atoms with Crippen LogP contribution in [0.5, 0.6) is 0 Å². The Morgan fingerprint density at radius 3 is 2.75 bits per heavy atom. The Bertz CT molecular complexity index is 302. The summed E-state index contributed by atoms with van der Waals surface area (Å²) in [6.45, 7) is 1.75. The normalized spacial score (nSPS) is 19.1. The number of hydrogen-bond acceptors (Lipinski definition) is 2. The van der Waals surface area contributed by atoms with Gasteiger partial charge in [-0.25, -0.2) is 0 Å². The van der Waals surface area contributed by atoms with Gasteiger partial charge >= 0.3 is 5.97 Å². The van der Waals surface area contributed by atoms with E-state index in [1.165, 1.54) is 0 Å². The van der Waals surface area contributed by atoms with Crippen LogP contribution in [0.2, 0.25) is 0 Å². The van der Waals surface area contributed by atoms with Gasteiger partial charge in [-0.15, -0.1) is 0 Å². The molecule has 1 unspecified atom stereocenters. The zero-order valence-corrected chi connectivity index (χ0v) is 9.78. The van der Waals surface area contributed by atoms with Crippen LogP contribution in [0.1, 0.15) is 45.4 Å². The first-order valence-corrected chi connectivity index (χ1v) is 5.91. The highest BCUT2D eigenvalue weighted by Gasteiger charge is 2.23. The van der Waals surface area contributed by atoms with Crippen molar-refractivity contribution in [2.75, 3.05) is 0 Å². The highest BCUT2D eigenvalue weighted by Crippen LogP contribution is 2.28. The topological polar surface area (TPSA) is 57.5 Å². The molecule has 0 fully saturated rings. The maximum atomic E-state index is 11.2. The van der Waals surface area contributed by atoms with Crippen LogP contribution in [-0.4, -0.2) is 16.2 Å². The summed E-state index contributed by atoms with van der Waals surface area (Å²) in [6, 6.07) is 0. The van der Waals surface area contributed by atoms with Crippen LogP contribution in [0, 0.1) is 5.92 Å². The lowest BCUT2D eigenvalue weighted by Crippen LogP contribution is -2.18. The van der Waals surface area contributed by atoms with Crippen LogP contribution in [0.25, 0.3) is 0 Å². The minimum Gasteiger partial charge on any atom is -0.513 e. The van der Waals surface area contributed by atoms with Crippen LogP contribution in [-0.2, 0) is 4.79 Å². The van der Waals surface area contributed by atoms with Crippen molar-refractivity contribution in [1.29, 1.82) is 0 Å². The number of rotatable bonds is 5. The zero-order chi connectivity index (χ0) is 12.0. The number of carboxylic acids is 1. The van der Waals surface area contributed by atoms with E-state index in [0.29, 0.717) is 12.8 Å². The predicted octanol–water partition coefficient (Wildman–Crippen LogP) is 3.43. The SMILES string of the molecule is CC=C(O)CCC(C(=O)O)C1=CCCCC1. The lowest BCUT2D eigenvalue weighted by molar-refractivity contribution is -0.140. The molecule has 1 atom stereocenters. The highest BCUT2D eigenvalue weighted by atomic mass is 16.4. The first-order chi connectivity index (χ1) is 7.65. The van der Waals surface area contributed by atoms with Gasteiger partial charge < -0.3 is 10.2 Å². The fraction of sp³-hybridized carbons (Fsp3) is 0.615. The van der Waals surface area contributed by atoms with Gasteiger partial charge in [-0.2, -0.15) is 0 Å². The number of aliphatic hydroxyl groups is 1. The van der Waals surface area contributed by atoms with Gasteiger partial charge in [0.1, 0.15) is 0 Å². The summed E-state index contributed by atoms with van der Waals surface area (Å²) >= 11 is 0. The van der Waals surface area contributed by atoms with Crippen LogP contribution in [0.15, 0.2) is 23.5 Å². The molecule has 0 aromatic rings. The minimum absolute atomic E-state index is 0.280. The largest absolute Gasteiger partial charge is 0.513 e. The molecule has 0 radical (unpaired) electrons. The van der Waals surface area contributed by atoms with E-state index in [-0.39, 0.29) is 5.76 Å². The zero-order valence-electron chi connectivity index (χ0n) is 9.78. The van der Waals surface area contributed by atoms with E-state index >= 15 is 0 Å². The predicted molar refractivity (Wildman–Crippen MR) is 63.3 cm³/mol. The van der Waals surface area contributed by atoms with Gasteiger partial charge in [-0.05, 0) is 45.1 Å². The molecule has 0 heterocycles. The van der Waals surface area contributed by atoms with Crippen LogP contribution in [0.3, 0.4) is 0 Å². The smallest absolute Gasteiger partial charge is 0.310 e. The Labute approximate surface area is 96.5 Å². The third-order valence-corrected chi connectivity index (χ3v) is 3.09. The second kappa shape index (κ2) is 6.36. The van der Waals surface area contributed by atoms with E-state index < -0.39 is 11.9 Å². The maximum Gasteiger partial charge on any atom is 0.310 e. The number of allylic oxidation sites excluding steroid dienone is 3. The molecule has 0 aromatic carbocycles. The van der Waals surface area contributed by atoms with E-state index in [1.807, 2.05) is 0 Å². The maximum absolute atomic E-state index is 11.2. The monoisotopic (exact) mass is 224 g/mol. The van der Waals surface area contributed by atoms with Crippen molar-refractivity contribution in [2.24, 2.45) is 5.92 Å². The molecule has 0 spiro atoms. The standard InChI is InChI=1S/C13H20O3/c1-2-11(14)8-9-12(13(15)16)10-6-4-3-5-7-10/h2,6,12,14H,3-5,7-9H2,1H3,(H,15,16). The number of hydrogen-bond donors (Lipinski definition) is 2. The van der Waals surface area contributed by atoms with Crippen molar-refractivity contribution < 1.29 is 15.0 Å². The molecule has 16 heavy (non-hydrogen) atoms.